The summed E-state index contributed by atoms with van der Waals surface area (Å²) in [5, 5.41) is 0. The van der Waals surface area contributed by atoms with Gasteiger partial charge in [-0.2, -0.15) is 0 Å². The summed E-state index contributed by atoms with van der Waals surface area (Å²) >= 11 is 0. The number of carbonyl (C=O) groups is 2. The topological polar surface area (TPSA) is 71.1 Å². The Hall–Kier alpha value is -2.24. The fourth-order valence-corrected chi connectivity index (χ4v) is 2.29. The van der Waals surface area contributed by atoms with Crippen LogP contribution in [0, 0.1) is 0 Å². The molecular formula is C20H30O6. The second kappa shape index (κ2) is 12.2. The predicted octanol–water partition coefficient (Wildman–Crippen LogP) is 4.68. The van der Waals surface area contributed by atoms with Crippen LogP contribution in [0.15, 0.2) is 12.1 Å². The third-order valence-corrected chi connectivity index (χ3v) is 3.53. The molecule has 0 atom stereocenters. The molecule has 0 aliphatic heterocycles. The Balaban J connectivity index is 3.04. The molecule has 0 amide bonds. The third-order valence-electron chi connectivity index (χ3n) is 3.53. The molecule has 0 saturated carbocycles. The van der Waals surface area contributed by atoms with Gasteiger partial charge in [0.05, 0.1) is 13.2 Å². The zero-order valence-corrected chi connectivity index (χ0v) is 16.3. The summed E-state index contributed by atoms with van der Waals surface area (Å²) in [7, 11) is 0. The molecule has 0 spiro atoms. The van der Waals surface area contributed by atoms with Crippen molar-refractivity contribution in [2.45, 2.75) is 66.2 Å². The lowest BCUT2D eigenvalue weighted by Gasteiger charge is -2.16. The Bertz CT molecular complexity index is 530. The lowest BCUT2D eigenvalue weighted by molar-refractivity contribution is -0.133. The molecule has 0 aliphatic rings. The van der Waals surface area contributed by atoms with Gasteiger partial charge in [0.1, 0.15) is 0 Å². The monoisotopic (exact) mass is 366 g/mol. The molecule has 0 fully saturated rings. The van der Waals surface area contributed by atoms with Crippen LogP contribution in [0.2, 0.25) is 0 Å². The fraction of sp³-hybridized carbons (Fsp3) is 0.600. The second-order valence-corrected chi connectivity index (χ2v) is 6.04. The van der Waals surface area contributed by atoms with E-state index in [0.29, 0.717) is 24.7 Å². The standard InChI is InChI=1S/C20H30O6/c1-5-7-9-11-23-17-13-20(26-16(4)22)18(24-12-10-8-6-2)14-19(17)25-15(3)21/h13-14H,5-12H2,1-4H3. The predicted molar refractivity (Wildman–Crippen MR) is 99.1 cm³/mol. The van der Waals surface area contributed by atoms with Gasteiger partial charge < -0.3 is 18.9 Å². The summed E-state index contributed by atoms with van der Waals surface area (Å²) in [5.74, 6) is 0.314. The number of unbranched alkanes of at least 4 members (excludes halogenated alkanes) is 4. The summed E-state index contributed by atoms with van der Waals surface area (Å²) in [6.45, 7) is 7.82. The van der Waals surface area contributed by atoms with Crippen molar-refractivity contribution in [2.24, 2.45) is 0 Å². The van der Waals surface area contributed by atoms with Crippen molar-refractivity contribution in [2.75, 3.05) is 13.2 Å². The minimum Gasteiger partial charge on any atom is -0.490 e. The number of ether oxygens (including phenoxy) is 4. The van der Waals surface area contributed by atoms with Gasteiger partial charge in [-0.25, -0.2) is 0 Å². The number of carbonyl (C=O) groups excluding carboxylic acids is 2. The van der Waals surface area contributed by atoms with Gasteiger partial charge in [0.25, 0.3) is 0 Å². The highest BCUT2D eigenvalue weighted by atomic mass is 16.6. The molecule has 26 heavy (non-hydrogen) atoms. The molecule has 0 aromatic heterocycles. The van der Waals surface area contributed by atoms with E-state index in [1.54, 1.807) is 12.1 Å². The lowest BCUT2D eigenvalue weighted by Crippen LogP contribution is -2.09. The molecule has 0 aliphatic carbocycles. The Morgan fingerprint density at radius 1 is 0.692 bits per heavy atom. The smallest absolute Gasteiger partial charge is 0.308 e. The Morgan fingerprint density at radius 3 is 1.38 bits per heavy atom. The average molecular weight is 366 g/mol. The Kier molecular flexibility index (Phi) is 10.2. The van der Waals surface area contributed by atoms with Gasteiger partial charge in [0.2, 0.25) is 0 Å². The molecule has 6 nitrogen and oxygen atoms in total. The molecule has 0 unspecified atom stereocenters. The van der Waals surface area contributed by atoms with Gasteiger partial charge in [-0.1, -0.05) is 39.5 Å². The maximum Gasteiger partial charge on any atom is 0.308 e. The van der Waals surface area contributed by atoms with Gasteiger partial charge in [-0.3, -0.25) is 9.59 Å². The number of hydrogen-bond acceptors (Lipinski definition) is 6. The lowest BCUT2D eigenvalue weighted by atomic mass is 10.2. The van der Waals surface area contributed by atoms with Crippen molar-refractivity contribution in [3.8, 4) is 23.0 Å². The van der Waals surface area contributed by atoms with E-state index in [9.17, 15) is 9.59 Å². The van der Waals surface area contributed by atoms with E-state index in [2.05, 4.69) is 13.8 Å². The van der Waals surface area contributed by atoms with Crippen molar-refractivity contribution in [3.63, 3.8) is 0 Å². The van der Waals surface area contributed by atoms with E-state index in [0.717, 1.165) is 38.5 Å². The fourth-order valence-electron chi connectivity index (χ4n) is 2.29. The minimum absolute atomic E-state index is 0.260. The highest BCUT2D eigenvalue weighted by molar-refractivity contribution is 5.73. The van der Waals surface area contributed by atoms with Gasteiger partial charge in [-0.05, 0) is 12.8 Å². The summed E-state index contributed by atoms with van der Waals surface area (Å²) in [5.41, 5.74) is 0. The number of rotatable bonds is 12. The molecular weight excluding hydrogens is 336 g/mol. The summed E-state index contributed by atoms with van der Waals surface area (Å²) in [4.78, 5) is 22.8. The zero-order chi connectivity index (χ0) is 19.4. The molecule has 1 aromatic carbocycles. The van der Waals surface area contributed by atoms with E-state index in [1.165, 1.54) is 13.8 Å². The number of hydrogen-bond donors (Lipinski definition) is 0. The molecule has 6 heteroatoms. The van der Waals surface area contributed by atoms with Crippen LogP contribution in [0.5, 0.6) is 23.0 Å². The quantitative estimate of drug-likeness (QED) is 0.304. The molecule has 0 bridgehead atoms. The zero-order valence-electron chi connectivity index (χ0n) is 16.3. The number of esters is 2. The van der Waals surface area contributed by atoms with Crippen LogP contribution in [0.4, 0.5) is 0 Å². The van der Waals surface area contributed by atoms with Crippen LogP contribution < -0.4 is 18.9 Å². The molecule has 1 rings (SSSR count). The Labute approximate surface area is 155 Å². The van der Waals surface area contributed by atoms with E-state index < -0.39 is 11.9 Å². The first-order chi connectivity index (χ1) is 12.5. The van der Waals surface area contributed by atoms with Crippen LogP contribution in [0.25, 0.3) is 0 Å². The Morgan fingerprint density at radius 2 is 1.08 bits per heavy atom. The molecule has 146 valence electrons. The van der Waals surface area contributed by atoms with Crippen LogP contribution in [0.1, 0.15) is 66.2 Å². The first-order valence-corrected chi connectivity index (χ1v) is 9.28. The number of benzene rings is 1. The van der Waals surface area contributed by atoms with Crippen LogP contribution >= 0.6 is 0 Å². The average Bonchev–Trinajstić information content (AvgIpc) is 2.57. The largest absolute Gasteiger partial charge is 0.490 e. The van der Waals surface area contributed by atoms with Gasteiger partial charge in [0.15, 0.2) is 23.0 Å². The SMILES string of the molecule is CCCCCOc1cc(OC(C)=O)c(OCCCCC)cc1OC(C)=O. The van der Waals surface area contributed by atoms with Gasteiger partial charge in [0, 0.05) is 26.0 Å². The van der Waals surface area contributed by atoms with E-state index >= 15 is 0 Å². The summed E-state index contributed by atoms with van der Waals surface area (Å²) in [6, 6.07) is 3.08. The third kappa shape index (κ3) is 8.23. The van der Waals surface area contributed by atoms with Gasteiger partial charge in [-0.15, -0.1) is 0 Å². The first-order valence-electron chi connectivity index (χ1n) is 9.28. The normalized spacial score (nSPS) is 10.3. The molecule has 0 radical (unpaired) electrons. The highest BCUT2D eigenvalue weighted by Crippen LogP contribution is 2.40. The van der Waals surface area contributed by atoms with Crippen molar-refractivity contribution in [1.82, 2.24) is 0 Å². The maximum absolute atomic E-state index is 11.4. The van der Waals surface area contributed by atoms with Crippen LogP contribution in [0.3, 0.4) is 0 Å². The highest BCUT2D eigenvalue weighted by Gasteiger charge is 2.17. The summed E-state index contributed by atoms with van der Waals surface area (Å²) in [6.07, 6.45) is 5.99. The summed E-state index contributed by atoms with van der Waals surface area (Å²) < 4.78 is 22.0. The van der Waals surface area contributed by atoms with Crippen molar-refractivity contribution < 1.29 is 28.5 Å². The maximum atomic E-state index is 11.4. The van der Waals surface area contributed by atoms with Crippen LogP contribution in [-0.4, -0.2) is 25.2 Å². The van der Waals surface area contributed by atoms with Gasteiger partial charge >= 0.3 is 11.9 Å². The van der Waals surface area contributed by atoms with E-state index in [4.69, 9.17) is 18.9 Å². The molecule has 1 aromatic rings. The second-order valence-electron chi connectivity index (χ2n) is 6.04. The first kappa shape index (κ1) is 21.8. The minimum atomic E-state index is -0.458. The van der Waals surface area contributed by atoms with E-state index in [-0.39, 0.29) is 11.5 Å². The van der Waals surface area contributed by atoms with Crippen molar-refractivity contribution >= 4 is 11.9 Å². The van der Waals surface area contributed by atoms with Crippen molar-refractivity contribution in [3.05, 3.63) is 12.1 Å². The van der Waals surface area contributed by atoms with Crippen molar-refractivity contribution in [1.29, 1.82) is 0 Å². The molecule has 0 heterocycles. The van der Waals surface area contributed by atoms with E-state index in [1.807, 2.05) is 0 Å². The van der Waals surface area contributed by atoms with Crippen LogP contribution in [-0.2, 0) is 9.59 Å². The molecule has 0 saturated heterocycles. The molecule has 0 N–H and O–H groups in total.